The molecule has 1 heterocycles. The van der Waals surface area contributed by atoms with Crippen molar-refractivity contribution < 1.29 is 9.53 Å². The number of ether oxygens (including phenoxy) is 1. The van der Waals surface area contributed by atoms with Crippen molar-refractivity contribution >= 4 is 40.7 Å². The summed E-state index contributed by atoms with van der Waals surface area (Å²) >= 11 is 11.2. The fourth-order valence-corrected chi connectivity index (χ4v) is 2.27. The third-order valence-electron chi connectivity index (χ3n) is 2.96. The van der Waals surface area contributed by atoms with Crippen molar-refractivity contribution in [3.63, 3.8) is 0 Å². The zero-order valence-electron chi connectivity index (χ0n) is 12.7. The van der Waals surface area contributed by atoms with Crippen LogP contribution in [0.5, 0.6) is 5.75 Å². The summed E-state index contributed by atoms with van der Waals surface area (Å²) in [5.41, 5.74) is 1.31. The lowest BCUT2D eigenvalue weighted by Gasteiger charge is -2.11. The van der Waals surface area contributed by atoms with Crippen LogP contribution >= 0.6 is 23.8 Å². The number of carbonyl (C=O) groups is 1. The number of anilines is 1. The largest absolute Gasteiger partial charge is 0.492 e. The number of nitrogens with zero attached hydrogens (tertiary/aromatic N) is 1. The van der Waals surface area contributed by atoms with Gasteiger partial charge in [0.25, 0.3) is 5.91 Å². The number of carbonyl (C=O) groups excluding carboxylic acids is 1. The highest BCUT2D eigenvalue weighted by atomic mass is 35.5. The van der Waals surface area contributed by atoms with Gasteiger partial charge in [0.2, 0.25) is 0 Å². The van der Waals surface area contributed by atoms with Gasteiger partial charge in [0.05, 0.1) is 11.6 Å². The number of benzene rings is 1. The topological polar surface area (TPSA) is 63.2 Å². The number of amides is 1. The molecule has 2 N–H and O–H groups in total. The van der Waals surface area contributed by atoms with Crippen molar-refractivity contribution in [2.45, 2.75) is 13.8 Å². The van der Waals surface area contributed by atoms with Gasteiger partial charge in [-0.1, -0.05) is 17.7 Å². The Hall–Kier alpha value is -2.18. The predicted octanol–water partition coefficient (Wildman–Crippen LogP) is 3.57. The van der Waals surface area contributed by atoms with E-state index in [1.165, 1.54) is 6.07 Å². The van der Waals surface area contributed by atoms with Crippen LogP contribution in [0, 0.1) is 6.92 Å². The molecule has 7 heteroatoms. The number of pyridine rings is 1. The molecule has 0 aliphatic heterocycles. The van der Waals surface area contributed by atoms with Crippen molar-refractivity contribution in [2.24, 2.45) is 0 Å². The van der Waals surface area contributed by atoms with Gasteiger partial charge in [0.1, 0.15) is 11.6 Å². The first kappa shape index (κ1) is 17.2. The molecule has 2 aromatic rings. The Kier molecular flexibility index (Phi) is 5.90. The monoisotopic (exact) mass is 349 g/mol. The summed E-state index contributed by atoms with van der Waals surface area (Å²) in [7, 11) is 0. The Labute approximate surface area is 145 Å². The quantitative estimate of drug-likeness (QED) is 0.826. The zero-order chi connectivity index (χ0) is 16.8. The van der Waals surface area contributed by atoms with Crippen molar-refractivity contribution in [2.75, 3.05) is 11.9 Å². The van der Waals surface area contributed by atoms with Gasteiger partial charge in [-0.15, -0.1) is 0 Å². The fraction of sp³-hybridized carbons (Fsp3) is 0.188. The van der Waals surface area contributed by atoms with Crippen LogP contribution in [-0.4, -0.2) is 22.6 Å². The minimum atomic E-state index is -0.360. The number of thiocarbonyl (C=S) groups is 1. The Morgan fingerprint density at radius 1 is 1.39 bits per heavy atom. The molecule has 0 bridgehead atoms. The van der Waals surface area contributed by atoms with Crippen LogP contribution in [0.15, 0.2) is 36.5 Å². The molecule has 0 saturated carbocycles. The molecule has 0 fully saturated rings. The summed E-state index contributed by atoms with van der Waals surface area (Å²) in [5.74, 6) is 0.777. The molecule has 0 atom stereocenters. The van der Waals surface area contributed by atoms with E-state index in [0.717, 1.165) is 5.56 Å². The van der Waals surface area contributed by atoms with Gasteiger partial charge < -0.3 is 10.1 Å². The summed E-state index contributed by atoms with van der Waals surface area (Å²) < 4.78 is 5.33. The van der Waals surface area contributed by atoms with Crippen molar-refractivity contribution in [3.8, 4) is 5.75 Å². The van der Waals surface area contributed by atoms with E-state index >= 15 is 0 Å². The highest BCUT2D eigenvalue weighted by Gasteiger charge is 2.11. The van der Waals surface area contributed by atoms with Crippen molar-refractivity contribution in [1.82, 2.24) is 10.3 Å². The van der Waals surface area contributed by atoms with Gasteiger partial charge in [-0.3, -0.25) is 10.1 Å². The molecule has 0 unspecified atom stereocenters. The lowest BCUT2D eigenvalue weighted by Crippen LogP contribution is -2.34. The molecule has 0 radical (unpaired) electrons. The smallest absolute Gasteiger partial charge is 0.257 e. The van der Waals surface area contributed by atoms with Crippen LogP contribution in [0.2, 0.25) is 5.02 Å². The maximum absolute atomic E-state index is 12.2. The summed E-state index contributed by atoms with van der Waals surface area (Å²) in [6, 6.07) is 8.54. The molecule has 2 rings (SSSR count). The van der Waals surface area contributed by atoms with Crippen LogP contribution in [0.25, 0.3) is 0 Å². The molecule has 0 aliphatic carbocycles. The second kappa shape index (κ2) is 7.89. The fourth-order valence-electron chi connectivity index (χ4n) is 1.85. The number of aryl methyl sites for hydroxylation is 1. The van der Waals surface area contributed by atoms with E-state index in [1.54, 1.807) is 18.3 Å². The second-order valence-electron chi connectivity index (χ2n) is 4.66. The molecular formula is C16H16ClN3O2S. The molecular weight excluding hydrogens is 334 g/mol. The van der Waals surface area contributed by atoms with E-state index in [0.29, 0.717) is 28.8 Å². The highest BCUT2D eigenvalue weighted by Crippen LogP contribution is 2.25. The normalized spacial score (nSPS) is 10.0. The van der Waals surface area contributed by atoms with Gasteiger partial charge in [-0.2, -0.15) is 0 Å². The van der Waals surface area contributed by atoms with Crippen LogP contribution in [-0.2, 0) is 0 Å². The number of hydrogen-bond acceptors (Lipinski definition) is 4. The molecule has 120 valence electrons. The molecule has 0 spiro atoms. The molecule has 1 aromatic heterocycles. The molecule has 1 amide bonds. The molecule has 0 saturated heterocycles. The third-order valence-corrected chi connectivity index (χ3v) is 3.46. The second-order valence-corrected chi connectivity index (χ2v) is 5.47. The van der Waals surface area contributed by atoms with E-state index in [2.05, 4.69) is 15.6 Å². The number of rotatable bonds is 4. The Morgan fingerprint density at radius 3 is 2.83 bits per heavy atom. The maximum Gasteiger partial charge on any atom is 0.257 e. The van der Waals surface area contributed by atoms with E-state index in [-0.39, 0.29) is 11.0 Å². The zero-order valence-corrected chi connectivity index (χ0v) is 14.3. The Morgan fingerprint density at radius 2 is 2.17 bits per heavy atom. The van der Waals surface area contributed by atoms with Gasteiger partial charge in [-0.25, -0.2) is 4.98 Å². The first-order valence-corrected chi connectivity index (χ1v) is 7.76. The summed E-state index contributed by atoms with van der Waals surface area (Å²) in [6.45, 7) is 4.26. The minimum Gasteiger partial charge on any atom is -0.492 e. The number of hydrogen-bond donors (Lipinski definition) is 2. The molecule has 1 aromatic carbocycles. The Balaban J connectivity index is 2.02. The lowest BCUT2D eigenvalue weighted by atomic mass is 10.2. The van der Waals surface area contributed by atoms with Gasteiger partial charge in [0.15, 0.2) is 5.11 Å². The summed E-state index contributed by atoms with van der Waals surface area (Å²) in [4.78, 5) is 16.4. The SMILES string of the molecule is CCOc1ccc(C(=O)NC(=S)Nc2ncccc2C)cc1Cl. The van der Waals surface area contributed by atoms with Crippen LogP contribution in [0.4, 0.5) is 5.82 Å². The van der Waals surface area contributed by atoms with Crippen LogP contribution < -0.4 is 15.4 Å². The van der Waals surface area contributed by atoms with E-state index < -0.39 is 0 Å². The molecule has 23 heavy (non-hydrogen) atoms. The predicted molar refractivity (Wildman–Crippen MR) is 95.3 cm³/mol. The summed E-state index contributed by atoms with van der Waals surface area (Å²) in [6.07, 6.45) is 1.64. The van der Waals surface area contributed by atoms with Gasteiger partial charge >= 0.3 is 0 Å². The van der Waals surface area contributed by atoms with Crippen molar-refractivity contribution in [3.05, 3.63) is 52.7 Å². The lowest BCUT2D eigenvalue weighted by molar-refractivity contribution is 0.0977. The Bertz CT molecular complexity index is 737. The highest BCUT2D eigenvalue weighted by molar-refractivity contribution is 7.80. The van der Waals surface area contributed by atoms with Gasteiger partial charge in [-0.05, 0) is 55.9 Å². The molecule has 5 nitrogen and oxygen atoms in total. The first-order chi connectivity index (χ1) is 11.0. The standard InChI is InChI=1S/C16H16ClN3O2S/c1-3-22-13-7-6-11(9-12(13)17)15(21)20-16(23)19-14-10(2)5-4-8-18-14/h4-9H,3H2,1-2H3,(H2,18,19,20,21,23). The number of aromatic nitrogens is 1. The molecule has 0 aliphatic rings. The number of nitrogens with one attached hydrogen (secondary N) is 2. The van der Waals surface area contributed by atoms with E-state index in [9.17, 15) is 4.79 Å². The van der Waals surface area contributed by atoms with E-state index in [4.69, 9.17) is 28.6 Å². The average Bonchev–Trinajstić information content (AvgIpc) is 2.51. The third kappa shape index (κ3) is 4.64. The minimum absolute atomic E-state index is 0.168. The van der Waals surface area contributed by atoms with Crippen LogP contribution in [0.3, 0.4) is 0 Å². The van der Waals surface area contributed by atoms with E-state index in [1.807, 2.05) is 26.0 Å². The average molecular weight is 350 g/mol. The summed E-state index contributed by atoms with van der Waals surface area (Å²) in [5, 5.41) is 6.02. The van der Waals surface area contributed by atoms with Crippen molar-refractivity contribution in [1.29, 1.82) is 0 Å². The number of halogens is 1. The van der Waals surface area contributed by atoms with Gasteiger partial charge in [0, 0.05) is 11.8 Å². The first-order valence-electron chi connectivity index (χ1n) is 6.97. The maximum atomic E-state index is 12.2. The van der Waals surface area contributed by atoms with Crippen LogP contribution in [0.1, 0.15) is 22.8 Å².